The molecule has 0 spiro atoms. The Morgan fingerprint density at radius 3 is 1.00 bits per heavy atom. The zero-order valence-corrected chi connectivity index (χ0v) is 29.1. The van der Waals surface area contributed by atoms with E-state index in [1.165, 1.54) is 0 Å². The minimum atomic E-state index is -2.44. The van der Waals surface area contributed by atoms with Gasteiger partial charge in [0.15, 0.2) is 0 Å². The Morgan fingerprint density at radius 2 is 0.718 bits per heavy atom. The summed E-state index contributed by atoms with van der Waals surface area (Å²) in [5.74, 6) is 0. The van der Waals surface area contributed by atoms with Gasteiger partial charge in [-0.2, -0.15) is 0 Å². The fourth-order valence-corrected chi connectivity index (χ4v) is 9.74. The van der Waals surface area contributed by atoms with Crippen LogP contribution in [0.2, 0.25) is 18.1 Å². The summed E-state index contributed by atoms with van der Waals surface area (Å²) in [6.07, 6.45) is 3.45. The number of rotatable bonds is 24. The highest BCUT2D eigenvalue weighted by atomic mass is 28.4. The molecule has 39 heavy (non-hydrogen) atoms. The van der Waals surface area contributed by atoms with Gasteiger partial charge in [-0.1, -0.05) is 0 Å². The van der Waals surface area contributed by atoms with Gasteiger partial charge >= 0.3 is 26.4 Å². The van der Waals surface area contributed by atoms with E-state index in [0.29, 0.717) is 52.6 Å². The van der Waals surface area contributed by atoms with Crippen LogP contribution in [0.4, 0.5) is 0 Å². The molecule has 0 unspecified atom stereocenters. The second-order valence-electron chi connectivity index (χ2n) is 8.04. The number of hydrogen-bond donors (Lipinski definition) is 4. The largest absolute Gasteiger partial charge is 0.500 e. The van der Waals surface area contributed by atoms with Gasteiger partial charge in [0.25, 0.3) is 0 Å². The van der Waals surface area contributed by atoms with E-state index in [4.69, 9.17) is 62.8 Å². The van der Waals surface area contributed by atoms with E-state index in [9.17, 15) is 0 Å². The highest BCUT2D eigenvalue weighted by Crippen LogP contribution is 2.18. The van der Waals surface area contributed by atoms with Crippen molar-refractivity contribution < 1.29 is 39.8 Å². The van der Waals surface area contributed by atoms with Crippen LogP contribution in [-0.2, 0) is 39.8 Å². The zero-order chi connectivity index (χ0) is 30.5. The molecule has 0 aromatic carbocycles. The molecule has 0 saturated carbocycles. The van der Waals surface area contributed by atoms with Gasteiger partial charge in [-0.3, -0.25) is 0 Å². The lowest BCUT2D eigenvalue weighted by atomic mass is 10.5. The maximum Gasteiger partial charge on any atom is 0.500 e. The summed E-state index contributed by atoms with van der Waals surface area (Å²) in [5.41, 5.74) is 21.6. The first kappa shape index (κ1) is 43.6. The summed E-state index contributed by atoms with van der Waals surface area (Å²) in [6, 6.07) is 2.37. The van der Waals surface area contributed by atoms with Crippen LogP contribution in [0.15, 0.2) is 0 Å². The Kier molecular flexibility index (Phi) is 33.1. The normalized spacial score (nSPS) is 12.0. The molecule has 0 aromatic heterocycles. The number of nitrogens with two attached hydrogens (primary N) is 4. The quantitative estimate of drug-likeness (QED) is 0.0897. The first-order chi connectivity index (χ1) is 18.7. The lowest BCUT2D eigenvalue weighted by molar-refractivity contribution is 0.0709. The molecule has 0 aliphatic carbocycles. The number of hydrogen-bond acceptors (Lipinski definition) is 13. The average molecular weight is 623 g/mol. The summed E-state index contributed by atoms with van der Waals surface area (Å²) in [6.45, 7) is 10.9. The van der Waals surface area contributed by atoms with Gasteiger partial charge in [0.2, 0.25) is 0 Å². The summed E-state index contributed by atoms with van der Waals surface area (Å²) in [7, 11) is 0.908. The third-order valence-electron chi connectivity index (χ3n) is 5.38. The molecule has 13 nitrogen and oxygen atoms in total. The summed E-state index contributed by atoms with van der Waals surface area (Å²) in [4.78, 5) is 0. The maximum atomic E-state index is 5.65. The Morgan fingerprint density at radius 1 is 0.410 bits per heavy atom. The Bertz CT molecular complexity index is 474. The van der Waals surface area contributed by atoms with E-state index >= 15 is 0 Å². The van der Waals surface area contributed by atoms with Crippen LogP contribution in [0, 0.1) is 0 Å². The first-order valence-corrected chi connectivity index (χ1v) is 19.6. The molecule has 0 radical (unpaired) electrons. The van der Waals surface area contributed by atoms with Gasteiger partial charge in [-0.25, -0.2) is 0 Å². The van der Waals surface area contributed by atoms with Crippen LogP contribution >= 0.6 is 0 Å². The maximum absolute atomic E-state index is 5.65. The van der Waals surface area contributed by atoms with E-state index < -0.39 is 26.4 Å². The topological polar surface area (TPSA) is 187 Å². The van der Waals surface area contributed by atoms with E-state index in [-0.39, 0.29) is 0 Å². The van der Waals surface area contributed by atoms with Crippen LogP contribution in [0.1, 0.15) is 46.5 Å². The van der Waals surface area contributed by atoms with Crippen LogP contribution in [-0.4, -0.2) is 115 Å². The fourth-order valence-electron chi connectivity index (χ4n) is 3.30. The summed E-state index contributed by atoms with van der Waals surface area (Å²) < 4.78 is 48.8. The lowest BCUT2D eigenvalue weighted by Gasteiger charge is -2.28. The fraction of sp³-hybridized carbons (Fsp3) is 1.00. The van der Waals surface area contributed by atoms with Crippen molar-refractivity contribution in [3.8, 4) is 0 Å². The monoisotopic (exact) mass is 622 g/mol. The van der Waals surface area contributed by atoms with Crippen molar-refractivity contribution in [3.63, 3.8) is 0 Å². The lowest BCUT2D eigenvalue weighted by Crippen LogP contribution is -2.46. The summed E-state index contributed by atoms with van der Waals surface area (Å²) >= 11 is 0. The van der Waals surface area contributed by atoms with E-state index in [2.05, 4.69) is 0 Å². The van der Waals surface area contributed by atoms with E-state index in [0.717, 1.165) is 43.8 Å². The highest BCUT2D eigenvalue weighted by Gasteiger charge is 2.40. The van der Waals surface area contributed by atoms with E-state index in [1.54, 1.807) is 35.5 Å². The van der Waals surface area contributed by atoms with Gasteiger partial charge in [-0.15, -0.1) is 0 Å². The predicted molar refractivity (Wildman–Crippen MR) is 162 cm³/mol. The molecule has 0 atom stereocenters. The summed E-state index contributed by atoms with van der Waals surface area (Å²) in [5, 5.41) is 0. The Balaban J connectivity index is -0.000000503. The van der Waals surface area contributed by atoms with Gasteiger partial charge in [-0.05, 0) is 72.6 Å². The van der Waals surface area contributed by atoms with Crippen LogP contribution in [0.5, 0.6) is 0 Å². The van der Waals surface area contributed by atoms with Gasteiger partial charge in [0.1, 0.15) is 0 Å². The second kappa shape index (κ2) is 29.6. The van der Waals surface area contributed by atoms with Crippen LogP contribution in [0.3, 0.4) is 0 Å². The minimum Gasteiger partial charge on any atom is -0.377 e. The third-order valence-corrected chi connectivity index (χ3v) is 14.2. The molecule has 0 aromatic rings. The van der Waals surface area contributed by atoms with Crippen molar-refractivity contribution in [2.75, 3.05) is 88.2 Å². The molecule has 0 fully saturated rings. The molecule has 16 heteroatoms. The molecule has 0 bridgehead atoms. The molecule has 8 N–H and O–H groups in total. The van der Waals surface area contributed by atoms with E-state index in [1.807, 2.05) is 20.8 Å². The van der Waals surface area contributed by atoms with Crippen LogP contribution < -0.4 is 22.9 Å². The van der Waals surface area contributed by atoms with Crippen LogP contribution in [0.25, 0.3) is 0 Å². The SMILES string of the molecule is CCO[Si](CCCN)(OCC)OCC.CO[Si](CCCN)(OC)OC.CO[Si](CCCN)(OC)OCCCN. The smallest absolute Gasteiger partial charge is 0.377 e. The molecular weight excluding hydrogens is 561 g/mol. The second-order valence-corrected chi connectivity index (χ2v) is 16.8. The molecule has 0 rings (SSSR count). The van der Waals surface area contributed by atoms with Gasteiger partial charge in [0.05, 0.1) is 0 Å². The molecule has 0 aliphatic rings. The first-order valence-electron chi connectivity index (χ1n) is 13.8. The minimum absolute atomic E-state index is 0.592. The molecule has 240 valence electrons. The zero-order valence-electron chi connectivity index (χ0n) is 26.1. The van der Waals surface area contributed by atoms with Crippen molar-refractivity contribution >= 4 is 26.4 Å². The van der Waals surface area contributed by atoms with Gasteiger partial charge in [0, 0.05) is 80.1 Å². The standard InChI is InChI=1S/C9H23NO3Si.C8H22N2O3Si.C6H17NO3Si/c1-4-11-14(12-5-2,13-6-3)9-7-8-10;1-11-14(12-2,8-4-6-10)13-7-3-5-9;1-8-11(9-2,10-3)6-4-5-7/h4-10H2,1-3H3;3-10H2,1-2H3;4-7H2,1-3H3. The predicted octanol–water partition coefficient (Wildman–Crippen LogP) is 1.53. The van der Waals surface area contributed by atoms with Crippen molar-refractivity contribution in [2.24, 2.45) is 22.9 Å². The highest BCUT2D eigenvalue weighted by molar-refractivity contribution is 6.61. The molecule has 0 aliphatic heterocycles. The molecular formula is C23H62N4O9Si3. The average Bonchev–Trinajstić information content (AvgIpc) is 2.96. The molecule has 0 saturated heterocycles. The third kappa shape index (κ3) is 21.5. The Labute approximate surface area is 241 Å². The van der Waals surface area contributed by atoms with Crippen molar-refractivity contribution in [1.82, 2.24) is 0 Å². The van der Waals surface area contributed by atoms with Crippen molar-refractivity contribution in [2.45, 2.75) is 64.6 Å². The van der Waals surface area contributed by atoms with Gasteiger partial charge < -0.3 is 62.8 Å². The van der Waals surface area contributed by atoms with Crippen molar-refractivity contribution in [1.29, 1.82) is 0 Å². The Hall–Kier alpha value is 0.131. The van der Waals surface area contributed by atoms with Crippen molar-refractivity contribution in [3.05, 3.63) is 0 Å². The molecule has 0 heterocycles. The molecule has 0 amide bonds.